The van der Waals surface area contributed by atoms with Crippen LogP contribution in [0.4, 0.5) is 0 Å². The number of esters is 3. The summed E-state index contributed by atoms with van der Waals surface area (Å²) in [5.74, 6) is 1.01. The van der Waals surface area contributed by atoms with E-state index in [-0.39, 0.29) is 52.3 Å². The van der Waals surface area contributed by atoms with E-state index in [0.29, 0.717) is 18.3 Å². The van der Waals surface area contributed by atoms with Crippen LogP contribution in [0.5, 0.6) is 0 Å². The van der Waals surface area contributed by atoms with Gasteiger partial charge in [0, 0.05) is 32.1 Å². The Kier molecular flexibility index (Phi) is 5.74. The molecule has 0 bridgehead atoms. The van der Waals surface area contributed by atoms with Gasteiger partial charge in [0.25, 0.3) is 0 Å². The van der Waals surface area contributed by atoms with Crippen molar-refractivity contribution in [3.63, 3.8) is 0 Å². The molecule has 0 unspecified atom stereocenters. The standard InChI is InChI=1S/C26H38O6/c1-15(27)30-18-9-12-26(6)23-19(10-11-24(26,4)13-18)20-7-8-22(32-17(3)29)25(20,5)14-21(23)31-16(2)28/h8,18-21,23H,7,9-14H2,1-6H3/t18-,19+,20-,21-,23+,24+,25+,26-/m1/s1. The van der Waals surface area contributed by atoms with Gasteiger partial charge in [0.15, 0.2) is 0 Å². The minimum Gasteiger partial charge on any atom is -0.463 e. The molecule has 4 aliphatic rings. The van der Waals surface area contributed by atoms with Crippen LogP contribution in [0.2, 0.25) is 0 Å². The topological polar surface area (TPSA) is 78.9 Å². The zero-order valence-electron chi connectivity index (χ0n) is 20.4. The number of allylic oxidation sites excluding steroid dienone is 2. The minimum atomic E-state index is -0.300. The smallest absolute Gasteiger partial charge is 0.307 e. The molecule has 0 aromatic heterocycles. The lowest BCUT2D eigenvalue weighted by Crippen LogP contribution is -2.63. The van der Waals surface area contributed by atoms with Crippen LogP contribution < -0.4 is 0 Å². The van der Waals surface area contributed by atoms with Gasteiger partial charge in [0.1, 0.15) is 18.0 Å². The Morgan fingerprint density at radius 2 is 1.59 bits per heavy atom. The first-order valence-electron chi connectivity index (χ1n) is 12.1. The Morgan fingerprint density at radius 3 is 2.22 bits per heavy atom. The first-order chi connectivity index (χ1) is 14.9. The van der Waals surface area contributed by atoms with Crippen molar-refractivity contribution in [1.82, 2.24) is 0 Å². The predicted octanol–water partition coefficient (Wildman–Crippen LogP) is 4.95. The number of fused-ring (bicyclic) bond motifs is 5. The number of carbonyl (C=O) groups excluding carboxylic acids is 3. The van der Waals surface area contributed by atoms with Gasteiger partial charge < -0.3 is 14.2 Å². The molecule has 178 valence electrons. The zero-order chi connectivity index (χ0) is 23.5. The maximum absolute atomic E-state index is 12.2. The molecule has 32 heavy (non-hydrogen) atoms. The highest BCUT2D eigenvalue weighted by atomic mass is 16.6. The van der Waals surface area contributed by atoms with Crippen molar-refractivity contribution in [2.45, 2.75) is 98.7 Å². The highest BCUT2D eigenvalue weighted by molar-refractivity contribution is 5.68. The lowest BCUT2D eigenvalue weighted by molar-refractivity contribution is -0.219. The fourth-order valence-corrected chi connectivity index (χ4v) is 8.16. The molecule has 0 spiro atoms. The van der Waals surface area contributed by atoms with Crippen LogP contribution in [-0.4, -0.2) is 30.1 Å². The summed E-state index contributed by atoms with van der Waals surface area (Å²) in [6.07, 6.45) is 8.18. The normalized spacial score (nSPS) is 44.9. The fraction of sp³-hybridized carbons (Fsp3) is 0.808. The van der Waals surface area contributed by atoms with Gasteiger partial charge in [0.2, 0.25) is 0 Å². The molecule has 3 fully saturated rings. The van der Waals surface area contributed by atoms with Gasteiger partial charge in [-0.15, -0.1) is 0 Å². The van der Waals surface area contributed by atoms with E-state index in [2.05, 4.69) is 26.8 Å². The molecule has 0 radical (unpaired) electrons. The van der Waals surface area contributed by atoms with Crippen LogP contribution >= 0.6 is 0 Å². The molecular weight excluding hydrogens is 408 g/mol. The van der Waals surface area contributed by atoms with E-state index < -0.39 is 0 Å². The number of ether oxygens (including phenoxy) is 3. The summed E-state index contributed by atoms with van der Waals surface area (Å²) in [5, 5.41) is 0. The Morgan fingerprint density at radius 1 is 0.906 bits per heavy atom. The van der Waals surface area contributed by atoms with Crippen LogP contribution in [0, 0.1) is 34.0 Å². The zero-order valence-corrected chi connectivity index (χ0v) is 20.4. The molecular formula is C26H38O6. The van der Waals surface area contributed by atoms with Gasteiger partial charge in [-0.1, -0.05) is 20.8 Å². The summed E-state index contributed by atoms with van der Waals surface area (Å²) in [4.78, 5) is 35.5. The van der Waals surface area contributed by atoms with Crippen LogP contribution in [0.25, 0.3) is 0 Å². The Bertz CT molecular complexity index is 847. The molecule has 6 nitrogen and oxygen atoms in total. The highest BCUT2D eigenvalue weighted by Crippen LogP contribution is 2.70. The Balaban J connectivity index is 1.69. The summed E-state index contributed by atoms with van der Waals surface area (Å²) in [5.41, 5.74) is -0.298. The van der Waals surface area contributed by atoms with E-state index in [1.165, 1.54) is 20.8 Å². The van der Waals surface area contributed by atoms with Gasteiger partial charge in [0.05, 0.1) is 0 Å². The molecule has 8 atom stereocenters. The molecule has 0 heterocycles. The van der Waals surface area contributed by atoms with Crippen molar-refractivity contribution in [1.29, 1.82) is 0 Å². The summed E-state index contributed by atoms with van der Waals surface area (Å²) in [6, 6.07) is 0. The quantitative estimate of drug-likeness (QED) is 0.451. The predicted molar refractivity (Wildman–Crippen MR) is 118 cm³/mol. The van der Waals surface area contributed by atoms with Crippen molar-refractivity contribution in [3.05, 3.63) is 11.8 Å². The van der Waals surface area contributed by atoms with Crippen molar-refractivity contribution >= 4 is 17.9 Å². The summed E-state index contributed by atoms with van der Waals surface area (Å²) in [7, 11) is 0. The van der Waals surface area contributed by atoms with Gasteiger partial charge in [-0.25, -0.2) is 0 Å². The second-order valence-corrected chi connectivity index (χ2v) is 11.5. The van der Waals surface area contributed by atoms with Crippen molar-refractivity contribution in [2.24, 2.45) is 34.0 Å². The van der Waals surface area contributed by atoms with Crippen LogP contribution in [-0.2, 0) is 28.6 Å². The lowest BCUT2D eigenvalue weighted by Gasteiger charge is -2.66. The van der Waals surface area contributed by atoms with E-state index in [1.54, 1.807) is 0 Å². The van der Waals surface area contributed by atoms with E-state index in [9.17, 15) is 14.4 Å². The lowest BCUT2D eigenvalue weighted by atomic mass is 9.40. The molecule has 0 amide bonds. The molecule has 4 aliphatic carbocycles. The largest absolute Gasteiger partial charge is 0.463 e. The van der Waals surface area contributed by atoms with Gasteiger partial charge in [-0.2, -0.15) is 0 Å². The first-order valence-corrected chi connectivity index (χ1v) is 12.1. The molecule has 0 N–H and O–H groups in total. The van der Waals surface area contributed by atoms with E-state index in [1.807, 2.05) is 0 Å². The molecule has 4 rings (SSSR count). The Labute approximate surface area is 191 Å². The summed E-state index contributed by atoms with van der Waals surface area (Å²) >= 11 is 0. The summed E-state index contributed by atoms with van der Waals surface area (Å²) in [6.45, 7) is 11.3. The molecule has 0 saturated heterocycles. The molecule has 0 aromatic carbocycles. The number of hydrogen-bond acceptors (Lipinski definition) is 6. The molecule has 0 aromatic rings. The summed E-state index contributed by atoms with van der Waals surface area (Å²) < 4.78 is 17.3. The first kappa shape index (κ1) is 23.3. The minimum absolute atomic E-state index is 0.0157. The average Bonchev–Trinajstić information content (AvgIpc) is 2.97. The fourth-order valence-electron chi connectivity index (χ4n) is 8.16. The van der Waals surface area contributed by atoms with E-state index in [0.717, 1.165) is 44.3 Å². The van der Waals surface area contributed by atoms with Crippen LogP contribution in [0.15, 0.2) is 11.8 Å². The third kappa shape index (κ3) is 3.58. The number of hydrogen-bond donors (Lipinski definition) is 0. The van der Waals surface area contributed by atoms with Gasteiger partial charge >= 0.3 is 17.9 Å². The van der Waals surface area contributed by atoms with Gasteiger partial charge in [-0.05, 0) is 73.7 Å². The third-order valence-electron chi connectivity index (χ3n) is 9.65. The van der Waals surface area contributed by atoms with Crippen LogP contribution in [0.3, 0.4) is 0 Å². The molecule has 0 aliphatic heterocycles. The average molecular weight is 447 g/mol. The monoisotopic (exact) mass is 446 g/mol. The second-order valence-electron chi connectivity index (χ2n) is 11.5. The number of rotatable bonds is 3. The molecule has 6 heteroatoms. The Hall–Kier alpha value is -1.85. The SMILES string of the molecule is CC(=O)OC1=CC[C@@H]2[C@@H]3CC[C@@]4(C)C[C@H](OC(C)=O)CC[C@]4(C)[C@@H]3[C@H](OC(C)=O)C[C@]12C. The van der Waals surface area contributed by atoms with E-state index >= 15 is 0 Å². The van der Waals surface area contributed by atoms with E-state index in [4.69, 9.17) is 14.2 Å². The highest BCUT2D eigenvalue weighted by Gasteiger charge is 2.66. The maximum Gasteiger partial charge on any atom is 0.307 e. The van der Waals surface area contributed by atoms with Crippen molar-refractivity contribution in [3.8, 4) is 0 Å². The van der Waals surface area contributed by atoms with Gasteiger partial charge in [-0.3, -0.25) is 14.4 Å². The second kappa shape index (κ2) is 7.88. The number of carbonyl (C=O) groups is 3. The maximum atomic E-state index is 12.2. The molecule has 3 saturated carbocycles. The van der Waals surface area contributed by atoms with Crippen LogP contribution in [0.1, 0.15) is 86.5 Å². The van der Waals surface area contributed by atoms with Crippen molar-refractivity contribution < 1.29 is 28.6 Å². The third-order valence-corrected chi connectivity index (χ3v) is 9.65. The van der Waals surface area contributed by atoms with Crippen molar-refractivity contribution in [2.75, 3.05) is 0 Å².